The van der Waals surface area contributed by atoms with Gasteiger partial charge in [-0.05, 0) is 24.6 Å². The van der Waals surface area contributed by atoms with Crippen LogP contribution in [0, 0.1) is 0 Å². The van der Waals surface area contributed by atoms with E-state index in [0.717, 1.165) is 0 Å². The summed E-state index contributed by atoms with van der Waals surface area (Å²) in [6.07, 6.45) is 0.284. The van der Waals surface area contributed by atoms with Crippen LogP contribution in [0.1, 0.15) is 23.7 Å². The normalized spacial score (nSPS) is 20.6. The number of nitrogens with zero attached hydrogens (tertiary/aromatic N) is 1. The fourth-order valence-corrected chi connectivity index (χ4v) is 6.20. The molecule has 1 atom stereocenters. The van der Waals surface area contributed by atoms with Gasteiger partial charge in [0.2, 0.25) is 10.0 Å². The Morgan fingerprint density at radius 2 is 2.09 bits per heavy atom. The van der Waals surface area contributed by atoms with E-state index >= 15 is 0 Å². The third kappa shape index (κ3) is 3.73. The van der Waals surface area contributed by atoms with Crippen LogP contribution in [0.15, 0.2) is 29.2 Å². The first-order valence-corrected chi connectivity index (χ1v) is 10.4. The Bertz CT molecular complexity index is 800. The maximum Gasteiger partial charge on any atom is 0.337 e. The number of benzene rings is 1. The number of sulfone groups is 1. The average Bonchev–Trinajstić information content (AvgIpc) is 2.86. The van der Waals surface area contributed by atoms with Gasteiger partial charge in [0.15, 0.2) is 9.84 Å². The quantitative estimate of drug-likeness (QED) is 0.715. The maximum atomic E-state index is 12.8. The molecule has 1 aliphatic heterocycles. The topological polar surface area (TPSA) is 97.8 Å². The fourth-order valence-electron chi connectivity index (χ4n) is 2.66. The van der Waals surface area contributed by atoms with Gasteiger partial charge in [-0.3, -0.25) is 0 Å². The van der Waals surface area contributed by atoms with Gasteiger partial charge in [-0.25, -0.2) is 21.6 Å². The van der Waals surface area contributed by atoms with Crippen LogP contribution >= 0.6 is 0 Å². The van der Waals surface area contributed by atoms with E-state index in [4.69, 9.17) is 0 Å². The summed E-state index contributed by atoms with van der Waals surface area (Å²) in [7, 11) is -5.87. The molecule has 0 amide bonds. The molecule has 128 valence electrons. The first-order chi connectivity index (χ1) is 10.7. The molecule has 1 aromatic carbocycles. The van der Waals surface area contributed by atoms with Gasteiger partial charge in [0.05, 0.1) is 29.1 Å². The molecular formula is C14H19NO6S2. The first-order valence-electron chi connectivity index (χ1n) is 7.12. The summed E-state index contributed by atoms with van der Waals surface area (Å²) in [5, 5.41) is 0. The van der Waals surface area contributed by atoms with Gasteiger partial charge >= 0.3 is 5.97 Å². The Balaban J connectivity index is 2.38. The van der Waals surface area contributed by atoms with Crippen molar-refractivity contribution in [2.45, 2.75) is 24.3 Å². The van der Waals surface area contributed by atoms with Crippen molar-refractivity contribution in [3.63, 3.8) is 0 Å². The minimum absolute atomic E-state index is 0.00805. The Kier molecular flexibility index (Phi) is 5.12. The highest BCUT2D eigenvalue weighted by Crippen LogP contribution is 2.25. The van der Waals surface area contributed by atoms with E-state index in [2.05, 4.69) is 4.74 Å². The molecule has 0 aromatic heterocycles. The SMILES string of the molecule is CCN(C1CCS(=O)(=O)C1)S(=O)(=O)c1cccc(C(=O)OC)c1. The summed E-state index contributed by atoms with van der Waals surface area (Å²) >= 11 is 0. The zero-order chi connectivity index (χ0) is 17.3. The number of methoxy groups -OCH3 is 1. The van der Waals surface area contributed by atoms with E-state index in [9.17, 15) is 21.6 Å². The number of carbonyl (C=O) groups excluding carboxylic acids is 1. The molecule has 9 heteroatoms. The number of rotatable bonds is 5. The lowest BCUT2D eigenvalue weighted by Gasteiger charge is -2.26. The highest BCUT2D eigenvalue weighted by atomic mass is 32.2. The predicted molar refractivity (Wildman–Crippen MR) is 84.4 cm³/mol. The number of esters is 1. The van der Waals surface area contributed by atoms with Crippen LogP contribution in [0.5, 0.6) is 0 Å². The number of sulfonamides is 1. The van der Waals surface area contributed by atoms with E-state index in [-0.39, 0.29) is 34.9 Å². The second-order valence-corrected chi connectivity index (χ2v) is 9.40. The minimum Gasteiger partial charge on any atom is -0.465 e. The number of hydrogen-bond donors (Lipinski definition) is 0. The molecule has 0 spiro atoms. The molecule has 0 radical (unpaired) electrons. The van der Waals surface area contributed by atoms with Gasteiger partial charge < -0.3 is 4.74 Å². The van der Waals surface area contributed by atoms with Gasteiger partial charge in [-0.2, -0.15) is 4.31 Å². The number of ether oxygens (including phenoxy) is 1. The lowest BCUT2D eigenvalue weighted by Crippen LogP contribution is -2.40. The van der Waals surface area contributed by atoms with Crippen LogP contribution < -0.4 is 0 Å². The molecule has 7 nitrogen and oxygen atoms in total. The highest BCUT2D eigenvalue weighted by Gasteiger charge is 2.38. The summed E-state index contributed by atoms with van der Waals surface area (Å²) in [6, 6.07) is 4.97. The maximum absolute atomic E-state index is 12.8. The third-order valence-corrected chi connectivity index (χ3v) is 7.56. The number of hydrogen-bond acceptors (Lipinski definition) is 6. The van der Waals surface area contributed by atoms with Crippen molar-refractivity contribution in [1.29, 1.82) is 0 Å². The Morgan fingerprint density at radius 3 is 2.61 bits per heavy atom. The van der Waals surface area contributed by atoms with Gasteiger partial charge in [0.1, 0.15) is 0 Å². The van der Waals surface area contributed by atoms with Crippen LogP contribution in [-0.4, -0.2) is 58.3 Å². The molecule has 1 fully saturated rings. The molecule has 0 bridgehead atoms. The Labute approximate surface area is 136 Å². The van der Waals surface area contributed by atoms with E-state index in [1.165, 1.54) is 35.7 Å². The highest BCUT2D eigenvalue weighted by molar-refractivity contribution is 7.92. The van der Waals surface area contributed by atoms with Gasteiger partial charge in [-0.1, -0.05) is 13.0 Å². The molecule has 0 N–H and O–H groups in total. The summed E-state index contributed by atoms with van der Waals surface area (Å²) in [6.45, 7) is 1.82. The molecule has 1 unspecified atom stereocenters. The van der Waals surface area contributed by atoms with Crippen LogP contribution in [-0.2, 0) is 24.6 Å². The molecule has 23 heavy (non-hydrogen) atoms. The first kappa shape index (κ1) is 17.9. The summed E-state index contributed by atoms with van der Waals surface area (Å²) in [4.78, 5) is 11.5. The standard InChI is InChI=1S/C14H19NO6S2/c1-3-15(12-7-8-22(17,18)10-12)23(19,20)13-6-4-5-11(9-13)14(16)21-2/h4-6,9,12H,3,7-8,10H2,1-2H3. The second kappa shape index (κ2) is 6.58. The van der Waals surface area contributed by atoms with Crippen LogP contribution in [0.3, 0.4) is 0 Å². The van der Waals surface area contributed by atoms with Crippen molar-refractivity contribution in [2.75, 3.05) is 25.2 Å². The average molecular weight is 361 g/mol. The van der Waals surface area contributed by atoms with Crippen molar-refractivity contribution in [1.82, 2.24) is 4.31 Å². The largest absolute Gasteiger partial charge is 0.465 e. The second-order valence-electron chi connectivity index (χ2n) is 5.28. The van der Waals surface area contributed by atoms with E-state index in [0.29, 0.717) is 0 Å². The molecule has 1 saturated heterocycles. The van der Waals surface area contributed by atoms with Crippen molar-refractivity contribution in [3.8, 4) is 0 Å². The van der Waals surface area contributed by atoms with Crippen LogP contribution in [0.2, 0.25) is 0 Å². The lowest BCUT2D eigenvalue weighted by atomic mass is 10.2. The molecule has 1 aliphatic rings. The Morgan fingerprint density at radius 1 is 1.39 bits per heavy atom. The molecule has 2 rings (SSSR count). The molecule has 0 aliphatic carbocycles. The van der Waals surface area contributed by atoms with Crippen LogP contribution in [0.4, 0.5) is 0 Å². The zero-order valence-corrected chi connectivity index (χ0v) is 14.6. The van der Waals surface area contributed by atoms with Crippen molar-refractivity contribution in [3.05, 3.63) is 29.8 Å². The number of carbonyl (C=O) groups is 1. The molecule has 1 aromatic rings. The van der Waals surface area contributed by atoms with Crippen molar-refractivity contribution in [2.24, 2.45) is 0 Å². The van der Waals surface area contributed by atoms with Gasteiger partial charge in [-0.15, -0.1) is 0 Å². The lowest BCUT2D eigenvalue weighted by molar-refractivity contribution is 0.0600. The zero-order valence-electron chi connectivity index (χ0n) is 12.9. The van der Waals surface area contributed by atoms with Gasteiger partial charge in [0.25, 0.3) is 0 Å². The monoisotopic (exact) mass is 361 g/mol. The smallest absolute Gasteiger partial charge is 0.337 e. The van der Waals surface area contributed by atoms with Gasteiger partial charge in [0, 0.05) is 12.6 Å². The summed E-state index contributed by atoms with van der Waals surface area (Å²) in [5.41, 5.74) is 0.128. The van der Waals surface area contributed by atoms with Crippen molar-refractivity contribution >= 4 is 25.8 Å². The third-order valence-electron chi connectivity index (χ3n) is 3.79. The van der Waals surface area contributed by atoms with E-state index < -0.39 is 31.9 Å². The molecule has 1 heterocycles. The van der Waals surface area contributed by atoms with E-state index in [1.54, 1.807) is 6.92 Å². The fraction of sp³-hybridized carbons (Fsp3) is 0.500. The Hall–Kier alpha value is -1.45. The molecule has 0 saturated carbocycles. The van der Waals surface area contributed by atoms with Crippen LogP contribution in [0.25, 0.3) is 0 Å². The molecular weight excluding hydrogens is 342 g/mol. The van der Waals surface area contributed by atoms with E-state index in [1.807, 2.05) is 0 Å². The minimum atomic E-state index is -3.89. The summed E-state index contributed by atoms with van der Waals surface area (Å²) < 4.78 is 54.6. The predicted octanol–water partition coefficient (Wildman–Crippen LogP) is 0.671. The van der Waals surface area contributed by atoms with Crippen molar-refractivity contribution < 1.29 is 26.4 Å². The summed E-state index contributed by atoms with van der Waals surface area (Å²) in [5.74, 6) is -0.809.